The number of para-hydroxylation sites is 2. The van der Waals surface area contributed by atoms with Crippen molar-refractivity contribution in [2.45, 2.75) is 0 Å². The maximum absolute atomic E-state index is 9.06. The number of rotatable bonds is 18. The van der Waals surface area contributed by atoms with Crippen LogP contribution in [0.1, 0.15) is 0 Å². The molecule has 0 fully saturated rings. The molecule has 0 saturated carbocycles. The molecule has 13 aromatic rings. The minimum absolute atomic E-state index is 0.0167. The first-order valence-corrected chi connectivity index (χ1v) is 32.4. The molecule has 22 heteroatoms. The van der Waals surface area contributed by atoms with Crippen molar-refractivity contribution in [2.75, 3.05) is 66.8 Å². The highest BCUT2D eigenvalue weighted by molar-refractivity contribution is 7.05. The molecular formula is C70H66N12O6S4. The van der Waals surface area contributed by atoms with Crippen molar-refractivity contribution < 1.29 is 29.9 Å². The smallest absolute Gasteiger partial charge is 0.223 e. The Labute approximate surface area is 547 Å². The van der Waals surface area contributed by atoms with Gasteiger partial charge in [-0.05, 0) is 130 Å². The Balaban J connectivity index is 0.000000135. The lowest BCUT2D eigenvalue weighted by atomic mass is 10.1. The molecule has 4 N–H and O–H groups in total. The number of hydrogen-bond donors (Lipinski definition) is 4. The van der Waals surface area contributed by atoms with Gasteiger partial charge in [-0.2, -0.15) is 19.9 Å². The third kappa shape index (κ3) is 17.1. The van der Waals surface area contributed by atoms with E-state index >= 15 is 0 Å². The van der Waals surface area contributed by atoms with Gasteiger partial charge in [0.15, 0.2) is 23.3 Å². The van der Waals surface area contributed by atoms with E-state index in [1.807, 2.05) is 220 Å². The first-order chi connectivity index (χ1) is 45.4. The van der Waals surface area contributed by atoms with E-state index in [4.69, 9.17) is 34.9 Å². The zero-order chi connectivity index (χ0) is 63.7. The number of fused-ring (bicyclic) bond motifs is 1. The molecule has 0 amide bonds. The van der Waals surface area contributed by atoms with Gasteiger partial charge in [-0.1, -0.05) is 164 Å². The lowest BCUT2D eigenvalue weighted by Gasteiger charge is -2.09. The molecule has 92 heavy (non-hydrogen) atoms. The summed E-state index contributed by atoms with van der Waals surface area (Å²) in [5.74, 6) is 4.99. The number of methoxy groups -OCH3 is 2. The Kier molecular flexibility index (Phi) is 23.9. The van der Waals surface area contributed by atoms with Crippen LogP contribution >= 0.6 is 46.1 Å². The summed E-state index contributed by atoms with van der Waals surface area (Å²) >= 11 is 5.87. The number of hydrogen-bond acceptors (Lipinski definition) is 18. The molecule has 13 rings (SSSR count). The SMILES string of the molecule is COc1ccc(-c2nc(=NCCO)sn2-c2ccccc2)cc1.COc1ccc(-n2sc(=NCCO)nc2-c2ccccc2)cc1.OCCN=c1nc(-c2ccccc2)n(-c2cccc3ccccc23)s1.OCCN=c1nc(-c2ccccc2)n(-c2ccccc2)s1. The van der Waals surface area contributed by atoms with Crippen molar-refractivity contribution in [1.29, 1.82) is 0 Å². The summed E-state index contributed by atoms with van der Waals surface area (Å²) in [7, 11) is 3.30. The van der Waals surface area contributed by atoms with Crippen molar-refractivity contribution in [3.8, 4) is 79.8 Å². The second-order valence-electron chi connectivity index (χ2n) is 19.5. The van der Waals surface area contributed by atoms with E-state index in [0.29, 0.717) is 45.4 Å². The third-order valence-electron chi connectivity index (χ3n) is 13.4. The van der Waals surface area contributed by atoms with Crippen molar-refractivity contribution in [1.82, 2.24) is 35.8 Å². The summed E-state index contributed by atoms with van der Waals surface area (Å²) in [5.41, 5.74) is 8.25. The van der Waals surface area contributed by atoms with Gasteiger partial charge in [-0.15, -0.1) is 0 Å². The fourth-order valence-electron chi connectivity index (χ4n) is 9.11. The van der Waals surface area contributed by atoms with Gasteiger partial charge in [-0.25, -0.2) is 15.8 Å². The van der Waals surface area contributed by atoms with Gasteiger partial charge in [0, 0.05) is 27.6 Å². The molecule has 466 valence electrons. The number of benzene rings is 9. The summed E-state index contributed by atoms with van der Waals surface area (Å²) < 4.78 is 18.7. The molecule has 0 saturated heterocycles. The van der Waals surface area contributed by atoms with Crippen LogP contribution in [0.4, 0.5) is 0 Å². The van der Waals surface area contributed by atoms with Crippen LogP contribution in [0, 0.1) is 0 Å². The Morgan fingerprint density at radius 2 is 0.609 bits per heavy atom. The largest absolute Gasteiger partial charge is 0.497 e. The van der Waals surface area contributed by atoms with Crippen molar-refractivity contribution in [2.24, 2.45) is 20.0 Å². The average Bonchev–Trinajstić information content (AvgIpc) is 1.66. The summed E-state index contributed by atoms with van der Waals surface area (Å²) in [5, 5.41) is 38.2. The van der Waals surface area contributed by atoms with Crippen LogP contribution in [0.3, 0.4) is 0 Å². The Morgan fingerprint density at radius 3 is 0.978 bits per heavy atom. The summed E-state index contributed by atoms with van der Waals surface area (Å²) in [6.45, 7) is 1.52. The standard InChI is InChI=1S/C20H17N3OS.2C17H17N3O2S.C16H15N3OS/c24-14-13-21-20-22-19(16-8-2-1-3-9-16)23(25-20)18-12-6-10-15-7-4-5-11-17(15)18;1-22-15-9-7-13(8-10-15)16-19-17(18-11-12-21)23-20(16)14-5-3-2-4-6-14;1-22-15-9-7-14(8-10-15)20-16(13-5-3-2-4-6-13)19-17(23-20)18-11-12-21;20-12-11-17-16-18-15(13-7-3-1-4-8-13)19(21-16)14-9-5-2-6-10-14/h1-12,24H,13-14H2;2*2-10,21H,11-12H2,1H3;1-10,20H,11-12H2. The summed E-state index contributed by atoms with van der Waals surface area (Å²) in [6.07, 6.45) is 0. The number of nitrogens with zero attached hydrogens (tertiary/aromatic N) is 12. The molecule has 4 aromatic heterocycles. The lowest BCUT2D eigenvalue weighted by molar-refractivity contribution is 0.305. The Bertz CT molecular complexity index is 4460. The van der Waals surface area contributed by atoms with Crippen molar-refractivity contribution >= 4 is 56.9 Å². The molecule has 0 unspecified atom stereocenters. The third-order valence-corrected chi connectivity index (χ3v) is 17.2. The molecule has 0 atom stereocenters. The molecule has 0 spiro atoms. The zero-order valence-corrected chi connectivity index (χ0v) is 53.6. The Morgan fingerprint density at radius 1 is 0.315 bits per heavy atom. The predicted octanol–water partition coefficient (Wildman–Crippen LogP) is 11.1. The van der Waals surface area contributed by atoms with Crippen LogP contribution in [0.25, 0.3) is 79.1 Å². The van der Waals surface area contributed by atoms with E-state index in [0.717, 1.165) is 79.8 Å². The predicted molar refractivity (Wildman–Crippen MR) is 368 cm³/mol. The number of aliphatic hydroxyl groups is 4. The van der Waals surface area contributed by atoms with Crippen LogP contribution in [-0.2, 0) is 0 Å². The van der Waals surface area contributed by atoms with Crippen LogP contribution in [0.15, 0.2) is 263 Å². The molecule has 0 aliphatic carbocycles. The number of ether oxygens (including phenoxy) is 2. The maximum Gasteiger partial charge on any atom is 0.223 e. The van der Waals surface area contributed by atoms with E-state index in [9.17, 15) is 0 Å². The number of aliphatic hydroxyl groups excluding tert-OH is 4. The Hall–Kier alpha value is -9.88. The van der Waals surface area contributed by atoms with E-state index in [1.54, 1.807) is 14.2 Å². The first-order valence-electron chi connectivity index (χ1n) is 29.3. The molecule has 0 aliphatic heterocycles. The second kappa shape index (κ2) is 33.8. The second-order valence-corrected chi connectivity index (χ2v) is 23.2. The van der Waals surface area contributed by atoms with Gasteiger partial charge in [0.05, 0.1) is 89.6 Å². The fraction of sp³-hybridized carbons (Fsp3) is 0.143. The van der Waals surface area contributed by atoms with Crippen molar-refractivity contribution in [3.63, 3.8) is 0 Å². The molecular weight excluding hydrogens is 1230 g/mol. The molecule has 18 nitrogen and oxygen atoms in total. The highest BCUT2D eigenvalue weighted by Gasteiger charge is 2.16. The van der Waals surface area contributed by atoms with Crippen LogP contribution in [0.2, 0.25) is 0 Å². The zero-order valence-electron chi connectivity index (χ0n) is 50.4. The topological polar surface area (TPSA) is 220 Å². The number of aromatic nitrogens is 8. The van der Waals surface area contributed by atoms with Gasteiger partial charge >= 0.3 is 0 Å². The van der Waals surface area contributed by atoms with Crippen LogP contribution in [-0.4, -0.2) is 123 Å². The fourth-order valence-corrected chi connectivity index (χ4v) is 12.7. The highest BCUT2D eigenvalue weighted by atomic mass is 32.1. The average molecular weight is 1300 g/mol. The first kappa shape index (κ1) is 65.1. The van der Waals surface area contributed by atoms with E-state index in [1.165, 1.54) is 56.9 Å². The lowest BCUT2D eigenvalue weighted by Crippen LogP contribution is -2.01. The molecule has 9 aromatic carbocycles. The van der Waals surface area contributed by atoms with Gasteiger partial charge in [0.1, 0.15) is 11.5 Å². The normalized spacial score (nSPS) is 11.8. The van der Waals surface area contributed by atoms with Crippen molar-refractivity contribution in [3.05, 3.63) is 262 Å². The highest BCUT2D eigenvalue weighted by Crippen LogP contribution is 2.30. The quantitative estimate of drug-likeness (QED) is 0.0636. The summed E-state index contributed by atoms with van der Waals surface area (Å²) in [6, 6.07) is 80.4. The van der Waals surface area contributed by atoms with E-state index in [-0.39, 0.29) is 26.4 Å². The minimum atomic E-state index is 0.0167. The maximum atomic E-state index is 9.06. The van der Waals surface area contributed by atoms with Gasteiger partial charge in [-0.3, -0.25) is 20.0 Å². The van der Waals surface area contributed by atoms with Crippen LogP contribution in [0.5, 0.6) is 11.5 Å². The van der Waals surface area contributed by atoms with Crippen LogP contribution < -0.4 is 28.7 Å². The van der Waals surface area contributed by atoms with Gasteiger partial charge < -0.3 is 29.9 Å². The van der Waals surface area contributed by atoms with E-state index < -0.39 is 0 Å². The van der Waals surface area contributed by atoms with E-state index in [2.05, 4.69) is 73.2 Å². The minimum Gasteiger partial charge on any atom is -0.497 e. The summed E-state index contributed by atoms with van der Waals surface area (Å²) in [4.78, 5) is 38.4. The van der Waals surface area contributed by atoms with Gasteiger partial charge in [0.25, 0.3) is 0 Å². The molecule has 0 radical (unpaired) electrons. The molecule has 0 bridgehead atoms. The monoisotopic (exact) mass is 1300 g/mol. The molecule has 4 heterocycles. The molecule has 0 aliphatic rings. The van der Waals surface area contributed by atoms with Gasteiger partial charge in [0.2, 0.25) is 19.2 Å².